The standard InChI is InChI=1S/C13H13N5O3/c1-20-12-16-4-8(5-17-12)10-6-15-11(7-14-10)18-13(19)21-9-2-3-9/h4-7,9H,2-3H2,1H3,(H,15,18,19). The summed E-state index contributed by atoms with van der Waals surface area (Å²) in [7, 11) is 1.50. The fourth-order valence-corrected chi connectivity index (χ4v) is 1.57. The van der Waals surface area contributed by atoms with Crippen molar-refractivity contribution < 1.29 is 14.3 Å². The molecule has 0 bridgehead atoms. The van der Waals surface area contributed by atoms with Gasteiger partial charge in [-0.05, 0) is 12.8 Å². The second-order valence-electron chi connectivity index (χ2n) is 4.47. The number of aromatic nitrogens is 4. The van der Waals surface area contributed by atoms with Gasteiger partial charge in [-0.2, -0.15) is 0 Å². The first-order valence-electron chi connectivity index (χ1n) is 6.40. The van der Waals surface area contributed by atoms with E-state index in [9.17, 15) is 4.79 Å². The molecular formula is C13H13N5O3. The zero-order valence-corrected chi connectivity index (χ0v) is 11.3. The van der Waals surface area contributed by atoms with Crippen LogP contribution in [0.25, 0.3) is 11.3 Å². The molecule has 1 aliphatic carbocycles. The molecule has 0 aromatic carbocycles. The molecule has 2 aromatic rings. The van der Waals surface area contributed by atoms with Gasteiger partial charge in [0.05, 0.1) is 25.2 Å². The van der Waals surface area contributed by atoms with Crippen LogP contribution in [0.5, 0.6) is 6.01 Å². The van der Waals surface area contributed by atoms with Gasteiger partial charge in [-0.15, -0.1) is 0 Å². The highest BCUT2D eigenvalue weighted by Crippen LogP contribution is 2.24. The predicted molar refractivity (Wildman–Crippen MR) is 72.7 cm³/mol. The molecule has 0 aliphatic heterocycles. The van der Waals surface area contributed by atoms with Gasteiger partial charge in [0, 0.05) is 18.0 Å². The lowest BCUT2D eigenvalue weighted by Gasteiger charge is -2.05. The van der Waals surface area contributed by atoms with Gasteiger partial charge < -0.3 is 9.47 Å². The van der Waals surface area contributed by atoms with Crippen molar-refractivity contribution in [2.24, 2.45) is 0 Å². The van der Waals surface area contributed by atoms with E-state index in [0.717, 1.165) is 12.8 Å². The molecule has 21 heavy (non-hydrogen) atoms. The van der Waals surface area contributed by atoms with Crippen LogP contribution in [-0.4, -0.2) is 39.2 Å². The van der Waals surface area contributed by atoms with E-state index < -0.39 is 6.09 Å². The maximum absolute atomic E-state index is 11.5. The topological polar surface area (TPSA) is 99.1 Å². The molecule has 2 aromatic heterocycles. The van der Waals surface area contributed by atoms with Crippen LogP contribution in [-0.2, 0) is 4.74 Å². The molecule has 8 heteroatoms. The first kappa shape index (κ1) is 13.2. The van der Waals surface area contributed by atoms with E-state index in [1.165, 1.54) is 19.5 Å². The smallest absolute Gasteiger partial charge is 0.413 e. The monoisotopic (exact) mass is 287 g/mol. The number of amides is 1. The van der Waals surface area contributed by atoms with Crippen LogP contribution in [0.1, 0.15) is 12.8 Å². The van der Waals surface area contributed by atoms with Crippen LogP contribution < -0.4 is 10.1 Å². The highest BCUT2D eigenvalue weighted by molar-refractivity contribution is 5.83. The van der Waals surface area contributed by atoms with E-state index in [2.05, 4.69) is 25.3 Å². The number of rotatable bonds is 4. The Hall–Kier alpha value is -2.77. The van der Waals surface area contributed by atoms with Gasteiger partial charge in [0.25, 0.3) is 0 Å². The number of carbonyl (C=O) groups is 1. The van der Waals surface area contributed by atoms with Crippen LogP contribution in [0.3, 0.4) is 0 Å². The van der Waals surface area contributed by atoms with E-state index in [1.807, 2.05) is 0 Å². The van der Waals surface area contributed by atoms with Gasteiger partial charge in [0.2, 0.25) is 0 Å². The van der Waals surface area contributed by atoms with Gasteiger partial charge >= 0.3 is 12.1 Å². The van der Waals surface area contributed by atoms with Crippen molar-refractivity contribution in [1.82, 2.24) is 19.9 Å². The van der Waals surface area contributed by atoms with Crippen molar-refractivity contribution in [3.05, 3.63) is 24.8 Å². The van der Waals surface area contributed by atoms with E-state index >= 15 is 0 Å². The molecule has 0 unspecified atom stereocenters. The van der Waals surface area contributed by atoms with Crippen molar-refractivity contribution in [1.29, 1.82) is 0 Å². The van der Waals surface area contributed by atoms with Gasteiger partial charge in [-0.1, -0.05) is 0 Å². The van der Waals surface area contributed by atoms with Crippen molar-refractivity contribution in [3.63, 3.8) is 0 Å². The van der Waals surface area contributed by atoms with Crippen molar-refractivity contribution in [3.8, 4) is 17.3 Å². The van der Waals surface area contributed by atoms with Crippen LogP contribution in [0.2, 0.25) is 0 Å². The summed E-state index contributed by atoms with van der Waals surface area (Å²) in [4.78, 5) is 27.7. The van der Waals surface area contributed by atoms with E-state index in [0.29, 0.717) is 17.1 Å². The SMILES string of the molecule is COc1ncc(-c2cnc(NC(=O)OC3CC3)cn2)cn1. The first-order valence-corrected chi connectivity index (χ1v) is 6.40. The fourth-order valence-electron chi connectivity index (χ4n) is 1.57. The van der Waals surface area contributed by atoms with Crippen molar-refractivity contribution >= 4 is 11.9 Å². The van der Waals surface area contributed by atoms with Gasteiger partial charge in [-0.25, -0.2) is 19.7 Å². The summed E-state index contributed by atoms with van der Waals surface area (Å²) in [5.74, 6) is 0.332. The summed E-state index contributed by atoms with van der Waals surface area (Å²) in [5, 5.41) is 2.52. The Kier molecular flexibility index (Phi) is 3.59. The summed E-state index contributed by atoms with van der Waals surface area (Å²) in [6.45, 7) is 0. The lowest BCUT2D eigenvalue weighted by Crippen LogP contribution is -2.15. The zero-order chi connectivity index (χ0) is 14.7. The molecule has 1 aliphatic rings. The third-order valence-corrected chi connectivity index (χ3v) is 2.79. The molecule has 0 spiro atoms. The summed E-state index contributed by atoms with van der Waals surface area (Å²) >= 11 is 0. The Labute approximate surface area is 120 Å². The second kappa shape index (κ2) is 5.70. The lowest BCUT2D eigenvalue weighted by molar-refractivity contribution is 0.154. The quantitative estimate of drug-likeness (QED) is 0.912. The molecule has 8 nitrogen and oxygen atoms in total. The molecule has 1 amide bonds. The minimum Gasteiger partial charge on any atom is -0.467 e. The summed E-state index contributed by atoms with van der Waals surface area (Å²) in [5.41, 5.74) is 1.30. The Morgan fingerprint density at radius 2 is 1.90 bits per heavy atom. The van der Waals surface area contributed by atoms with Crippen LogP contribution >= 0.6 is 0 Å². The maximum Gasteiger partial charge on any atom is 0.413 e. The third kappa shape index (κ3) is 3.41. The minimum atomic E-state index is -0.507. The summed E-state index contributed by atoms with van der Waals surface area (Å²) < 4.78 is 9.94. The largest absolute Gasteiger partial charge is 0.467 e. The number of nitrogens with one attached hydrogen (secondary N) is 1. The molecule has 2 heterocycles. The number of hydrogen-bond acceptors (Lipinski definition) is 7. The Morgan fingerprint density at radius 3 is 2.48 bits per heavy atom. The Bertz CT molecular complexity index is 625. The van der Waals surface area contributed by atoms with E-state index in [1.54, 1.807) is 12.4 Å². The molecule has 1 N–H and O–H groups in total. The number of carbonyl (C=O) groups excluding carboxylic acids is 1. The lowest BCUT2D eigenvalue weighted by atomic mass is 10.2. The molecule has 3 rings (SSSR count). The molecular weight excluding hydrogens is 274 g/mol. The molecule has 1 saturated carbocycles. The maximum atomic E-state index is 11.5. The first-order chi connectivity index (χ1) is 10.2. The zero-order valence-electron chi connectivity index (χ0n) is 11.3. The highest BCUT2D eigenvalue weighted by Gasteiger charge is 2.26. The van der Waals surface area contributed by atoms with Crippen molar-refractivity contribution in [2.45, 2.75) is 18.9 Å². The normalized spacial score (nSPS) is 13.6. The second-order valence-corrected chi connectivity index (χ2v) is 4.47. The number of nitrogens with zero attached hydrogens (tertiary/aromatic N) is 4. The average molecular weight is 287 g/mol. The van der Waals surface area contributed by atoms with Gasteiger partial charge in [0.15, 0.2) is 5.82 Å². The average Bonchev–Trinajstić information content (AvgIpc) is 3.32. The fraction of sp³-hybridized carbons (Fsp3) is 0.308. The number of anilines is 1. The molecule has 1 fully saturated rings. The summed E-state index contributed by atoms with van der Waals surface area (Å²) in [6, 6.07) is 0.285. The number of hydrogen-bond donors (Lipinski definition) is 1. The van der Waals surface area contributed by atoms with Gasteiger partial charge in [0.1, 0.15) is 6.10 Å². The number of ether oxygens (including phenoxy) is 2. The predicted octanol–water partition coefficient (Wildman–Crippen LogP) is 1.65. The molecule has 0 atom stereocenters. The van der Waals surface area contributed by atoms with Crippen molar-refractivity contribution in [2.75, 3.05) is 12.4 Å². The van der Waals surface area contributed by atoms with Gasteiger partial charge in [-0.3, -0.25) is 10.3 Å². The molecule has 108 valence electrons. The van der Waals surface area contributed by atoms with E-state index in [4.69, 9.17) is 9.47 Å². The summed E-state index contributed by atoms with van der Waals surface area (Å²) in [6.07, 6.45) is 7.55. The Balaban J connectivity index is 1.66. The van der Waals surface area contributed by atoms with Crippen LogP contribution in [0.4, 0.5) is 10.6 Å². The van der Waals surface area contributed by atoms with Crippen LogP contribution in [0.15, 0.2) is 24.8 Å². The molecule has 0 radical (unpaired) electrons. The van der Waals surface area contributed by atoms with E-state index in [-0.39, 0.29) is 12.1 Å². The third-order valence-electron chi connectivity index (χ3n) is 2.79. The van der Waals surface area contributed by atoms with Crippen LogP contribution in [0, 0.1) is 0 Å². The molecule has 0 saturated heterocycles. The highest BCUT2D eigenvalue weighted by atomic mass is 16.6. The number of methoxy groups -OCH3 is 1. The minimum absolute atomic E-state index is 0.0497. The Morgan fingerprint density at radius 1 is 1.14 bits per heavy atom.